The zero-order chi connectivity index (χ0) is 17.2. The number of thiocarbonyl (C=S) groups is 1. The van der Waals surface area contributed by atoms with Crippen LogP contribution in [0.2, 0.25) is 10.0 Å². The lowest BCUT2D eigenvalue weighted by Gasteiger charge is -2.13. The third-order valence-electron chi connectivity index (χ3n) is 2.78. The summed E-state index contributed by atoms with van der Waals surface area (Å²) in [5, 5.41) is 5.99. The van der Waals surface area contributed by atoms with Crippen LogP contribution in [0.1, 0.15) is 5.56 Å². The summed E-state index contributed by atoms with van der Waals surface area (Å²) in [5.41, 5.74) is 5.73. The van der Waals surface area contributed by atoms with Crippen molar-refractivity contribution < 1.29 is 13.2 Å². The molecule has 0 fully saturated rings. The fourth-order valence-electron chi connectivity index (χ4n) is 1.72. The number of benzene rings is 2. The third-order valence-corrected chi connectivity index (χ3v) is 3.61. The smallest absolute Gasteiger partial charge is 0.396 e. The summed E-state index contributed by atoms with van der Waals surface area (Å²) in [6.07, 6.45) is -4.43. The number of nitrogens with one attached hydrogen (secondary N) is 2. The molecule has 4 N–H and O–H groups in total. The fourth-order valence-corrected chi connectivity index (χ4v) is 2.45. The first-order valence-corrected chi connectivity index (χ1v) is 7.33. The molecule has 3 nitrogen and oxygen atoms in total. The van der Waals surface area contributed by atoms with Gasteiger partial charge >= 0.3 is 6.18 Å². The van der Waals surface area contributed by atoms with E-state index in [2.05, 4.69) is 10.6 Å². The molecule has 0 saturated carbocycles. The van der Waals surface area contributed by atoms with Gasteiger partial charge in [-0.05, 0) is 42.5 Å². The van der Waals surface area contributed by atoms with Gasteiger partial charge < -0.3 is 16.4 Å². The molecule has 0 aliphatic heterocycles. The lowest BCUT2D eigenvalue weighted by Crippen LogP contribution is -2.19. The van der Waals surface area contributed by atoms with Crippen LogP contribution in [0, 0.1) is 0 Å². The second kappa shape index (κ2) is 6.82. The minimum absolute atomic E-state index is 0.0845. The Morgan fingerprint density at radius 3 is 2.13 bits per heavy atom. The Labute approximate surface area is 145 Å². The molecule has 0 bridgehead atoms. The van der Waals surface area contributed by atoms with Gasteiger partial charge in [-0.15, -0.1) is 0 Å². The van der Waals surface area contributed by atoms with Crippen molar-refractivity contribution in [2.75, 3.05) is 16.4 Å². The van der Waals surface area contributed by atoms with E-state index in [0.717, 1.165) is 12.1 Å². The maximum atomic E-state index is 12.7. The second-order valence-corrected chi connectivity index (χ2v) is 5.73. The Morgan fingerprint density at radius 1 is 1.00 bits per heavy atom. The van der Waals surface area contributed by atoms with Gasteiger partial charge in [-0.1, -0.05) is 29.3 Å². The molecule has 0 aromatic heterocycles. The second-order valence-electron chi connectivity index (χ2n) is 4.51. The number of nitrogens with two attached hydrogens (primary N) is 1. The van der Waals surface area contributed by atoms with E-state index >= 15 is 0 Å². The zero-order valence-electron chi connectivity index (χ0n) is 11.3. The SMILES string of the molecule is Nc1c(Cl)cc(NC(=S)Nc2cccc(C(F)(F)F)c2)cc1Cl. The predicted octanol–water partition coefficient (Wildman–Crippen LogP) is 5.40. The molecule has 2 rings (SSSR count). The van der Waals surface area contributed by atoms with Crippen molar-refractivity contribution in [3.8, 4) is 0 Å². The monoisotopic (exact) mass is 379 g/mol. The van der Waals surface area contributed by atoms with Crippen molar-refractivity contribution >= 4 is 57.6 Å². The lowest BCUT2D eigenvalue weighted by molar-refractivity contribution is -0.137. The highest BCUT2D eigenvalue weighted by atomic mass is 35.5. The van der Waals surface area contributed by atoms with Gasteiger partial charge in [0.2, 0.25) is 0 Å². The molecule has 2 aromatic carbocycles. The summed E-state index contributed by atoms with van der Waals surface area (Å²) < 4.78 is 38.0. The largest absolute Gasteiger partial charge is 0.416 e. The quantitative estimate of drug-likeness (QED) is 0.482. The molecule has 122 valence electrons. The molecule has 0 spiro atoms. The first kappa shape index (κ1) is 17.7. The van der Waals surface area contributed by atoms with Crippen molar-refractivity contribution in [2.24, 2.45) is 0 Å². The highest BCUT2D eigenvalue weighted by Crippen LogP contribution is 2.32. The van der Waals surface area contributed by atoms with Gasteiger partial charge in [-0.2, -0.15) is 13.2 Å². The van der Waals surface area contributed by atoms with Crippen molar-refractivity contribution in [2.45, 2.75) is 6.18 Å². The maximum Gasteiger partial charge on any atom is 0.416 e. The van der Waals surface area contributed by atoms with Gasteiger partial charge in [0, 0.05) is 11.4 Å². The van der Waals surface area contributed by atoms with Gasteiger partial charge in [0.05, 0.1) is 21.3 Å². The number of alkyl halides is 3. The van der Waals surface area contributed by atoms with E-state index in [1.807, 2.05) is 0 Å². The van der Waals surface area contributed by atoms with E-state index in [-0.39, 0.29) is 26.5 Å². The number of rotatable bonds is 2. The van der Waals surface area contributed by atoms with Crippen molar-refractivity contribution in [3.05, 3.63) is 52.0 Å². The lowest BCUT2D eigenvalue weighted by atomic mass is 10.2. The Balaban J connectivity index is 2.11. The Bertz CT molecular complexity index is 727. The summed E-state index contributed by atoms with van der Waals surface area (Å²) in [7, 11) is 0. The molecule has 0 saturated heterocycles. The van der Waals surface area contributed by atoms with Gasteiger partial charge in [0.1, 0.15) is 0 Å². The zero-order valence-corrected chi connectivity index (χ0v) is 13.7. The Hall–Kier alpha value is -1.70. The number of hydrogen-bond donors (Lipinski definition) is 3. The normalized spacial score (nSPS) is 11.2. The molecule has 0 aliphatic carbocycles. The molecular weight excluding hydrogens is 370 g/mol. The molecular formula is C14H10Cl2F3N3S. The number of hydrogen-bond acceptors (Lipinski definition) is 2. The Morgan fingerprint density at radius 2 is 1.57 bits per heavy atom. The highest BCUT2D eigenvalue weighted by molar-refractivity contribution is 7.80. The fraction of sp³-hybridized carbons (Fsp3) is 0.0714. The van der Waals surface area contributed by atoms with E-state index in [4.69, 9.17) is 41.2 Å². The molecule has 0 heterocycles. The number of nitrogen functional groups attached to an aromatic ring is 1. The summed E-state index contributed by atoms with van der Waals surface area (Å²) in [4.78, 5) is 0. The van der Waals surface area contributed by atoms with Crippen LogP contribution in [-0.2, 0) is 6.18 Å². The summed E-state index contributed by atoms with van der Waals surface area (Å²) in [6.45, 7) is 0. The maximum absolute atomic E-state index is 12.7. The third kappa shape index (κ3) is 4.63. The number of anilines is 3. The van der Waals surface area contributed by atoms with Gasteiger partial charge in [-0.3, -0.25) is 0 Å². The molecule has 0 radical (unpaired) electrons. The molecule has 2 aromatic rings. The van der Waals surface area contributed by atoms with E-state index in [1.165, 1.54) is 24.3 Å². The van der Waals surface area contributed by atoms with E-state index in [0.29, 0.717) is 5.69 Å². The first-order chi connectivity index (χ1) is 10.7. The minimum atomic E-state index is -4.43. The molecule has 0 unspecified atom stereocenters. The van der Waals surface area contributed by atoms with Gasteiger partial charge in [0.15, 0.2) is 5.11 Å². The van der Waals surface area contributed by atoms with Crippen LogP contribution >= 0.6 is 35.4 Å². The van der Waals surface area contributed by atoms with Crippen LogP contribution in [0.3, 0.4) is 0 Å². The van der Waals surface area contributed by atoms with Crippen LogP contribution in [0.25, 0.3) is 0 Å². The van der Waals surface area contributed by atoms with E-state index < -0.39 is 11.7 Å². The van der Waals surface area contributed by atoms with Crippen LogP contribution in [0.4, 0.5) is 30.2 Å². The average Bonchev–Trinajstić information content (AvgIpc) is 2.44. The molecule has 0 aliphatic rings. The van der Waals surface area contributed by atoms with Crippen molar-refractivity contribution in [3.63, 3.8) is 0 Å². The standard InChI is InChI=1S/C14H10Cl2F3N3S/c15-10-5-9(6-11(16)12(10)20)22-13(23)21-8-3-1-2-7(4-8)14(17,18)19/h1-6H,20H2,(H2,21,22,23). The van der Waals surface area contributed by atoms with E-state index in [9.17, 15) is 13.2 Å². The molecule has 23 heavy (non-hydrogen) atoms. The summed E-state index contributed by atoms with van der Waals surface area (Å²) in [5.74, 6) is 0. The topological polar surface area (TPSA) is 50.1 Å². The first-order valence-electron chi connectivity index (χ1n) is 6.16. The highest BCUT2D eigenvalue weighted by Gasteiger charge is 2.30. The van der Waals surface area contributed by atoms with Crippen molar-refractivity contribution in [1.29, 1.82) is 0 Å². The van der Waals surface area contributed by atoms with Crippen LogP contribution in [0.5, 0.6) is 0 Å². The average molecular weight is 380 g/mol. The predicted molar refractivity (Wildman–Crippen MR) is 92.2 cm³/mol. The van der Waals surface area contributed by atoms with Gasteiger partial charge in [-0.25, -0.2) is 0 Å². The van der Waals surface area contributed by atoms with Gasteiger partial charge in [0.25, 0.3) is 0 Å². The number of halogens is 5. The van der Waals surface area contributed by atoms with Crippen molar-refractivity contribution in [1.82, 2.24) is 0 Å². The summed E-state index contributed by atoms with van der Waals surface area (Å²) >= 11 is 16.8. The van der Waals surface area contributed by atoms with Crippen LogP contribution < -0.4 is 16.4 Å². The van der Waals surface area contributed by atoms with E-state index in [1.54, 1.807) is 0 Å². The van der Waals surface area contributed by atoms with Crippen LogP contribution in [-0.4, -0.2) is 5.11 Å². The molecule has 9 heteroatoms. The van der Waals surface area contributed by atoms with Crippen LogP contribution in [0.15, 0.2) is 36.4 Å². The summed E-state index contributed by atoms with van der Waals surface area (Å²) in [6, 6.07) is 7.68. The molecule has 0 atom stereocenters. The Kier molecular flexibility index (Phi) is 5.23. The molecule has 0 amide bonds. The minimum Gasteiger partial charge on any atom is -0.396 e.